The van der Waals surface area contributed by atoms with E-state index >= 15 is 0 Å². The fourth-order valence-electron chi connectivity index (χ4n) is 3.60. The first-order valence-electron chi connectivity index (χ1n) is 8.98. The van der Waals surface area contributed by atoms with E-state index in [9.17, 15) is 13.2 Å². The third kappa shape index (κ3) is 3.49. The molecule has 27 heavy (non-hydrogen) atoms. The number of alkyl halides is 3. The molecular weight excluding hydrogens is 351 g/mol. The minimum atomic E-state index is -4.41. The Kier molecular flexibility index (Phi) is 4.52. The molecule has 2 aromatic carbocycles. The fourth-order valence-corrected chi connectivity index (χ4v) is 3.60. The summed E-state index contributed by atoms with van der Waals surface area (Å²) in [4.78, 5) is 7.46. The fraction of sp³-hybridized carbons (Fsp3) is 0.286. The second-order valence-corrected chi connectivity index (χ2v) is 6.95. The van der Waals surface area contributed by atoms with E-state index in [-0.39, 0.29) is 5.52 Å². The summed E-state index contributed by atoms with van der Waals surface area (Å²) in [6, 6.07) is 15.8. The molecule has 0 bridgehead atoms. The number of benzene rings is 2. The topological polar surface area (TPSA) is 20.6 Å². The molecule has 0 aliphatic carbocycles. The van der Waals surface area contributed by atoms with Crippen LogP contribution in [0.2, 0.25) is 0 Å². The summed E-state index contributed by atoms with van der Waals surface area (Å²) in [6.45, 7) is 3.36. The standard InChI is InChI=1S/C21H20F3N3/c1-26-10-12-27(13-11-26)19-14-18(15-6-3-2-4-7-15)25-20-16(19)8-5-9-17(20)21(22,23)24/h2-9,14H,10-13H2,1H3/p+1. The van der Waals surface area contributed by atoms with Gasteiger partial charge in [-0.1, -0.05) is 24.3 Å². The summed E-state index contributed by atoms with van der Waals surface area (Å²) in [5.41, 5.74) is 1.91. The number of nitrogens with zero attached hydrogens (tertiary/aromatic N) is 2. The SMILES string of the molecule is CN1CCN(c2cc(-c3ccccc3)[nH+]c3c(C(F)(F)F)cccc23)CC1. The lowest BCUT2D eigenvalue weighted by Crippen LogP contribution is -2.44. The quantitative estimate of drug-likeness (QED) is 0.675. The molecule has 0 atom stereocenters. The highest BCUT2D eigenvalue weighted by molar-refractivity contribution is 5.93. The number of aromatic nitrogens is 1. The molecule has 1 N–H and O–H groups in total. The number of para-hydroxylation sites is 1. The van der Waals surface area contributed by atoms with Gasteiger partial charge in [0, 0.05) is 37.8 Å². The average molecular weight is 372 g/mol. The number of nitrogens with one attached hydrogen (secondary N) is 1. The van der Waals surface area contributed by atoms with Crippen molar-refractivity contribution in [3.8, 4) is 11.3 Å². The van der Waals surface area contributed by atoms with Gasteiger partial charge in [-0.05, 0) is 31.3 Å². The van der Waals surface area contributed by atoms with Crippen LogP contribution < -0.4 is 9.88 Å². The van der Waals surface area contributed by atoms with Gasteiger partial charge < -0.3 is 9.80 Å². The first kappa shape index (κ1) is 17.8. The van der Waals surface area contributed by atoms with Crippen molar-refractivity contribution in [2.75, 3.05) is 38.1 Å². The van der Waals surface area contributed by atoms with Gasteiger partial charge in [-0.3, -0.25) is 0 Å². The Labute approximate surface area is 156 Å². The Balaban J connectivity index is 1.95. The predicted octanol–water partition coefficient (Wildman–Crippen LogP) is 4.09. The van der Waals surface area contributed by atoms with Crippen molar-refractivity contribution >= 4 is 16.6 Å². The van der Waals surface area contributed by atoms with Gasteiger partial charge in [-0.2, -0.15) is 13.2 Å². The van der Waals surface area contributed by atoms with Crippen LogP contribution in [0.25, 0.3) is 22.2 Å². The first-order valence-corrected chi connectivity index (χ1v) is 8.98. The Hall–Kier alpha value is -2.60. The highest BCUT2D eigenvalue weighted by atomic mass is 19.4. The van der Waals surface area contributed by atoms with Crippen LogP contribution in [0.5, 0.6) is 0 Å². The van der Waals surface area contributed by atoms with Crippen molar-refractivity contribution in [2.24, 2.45) is 0 Å². The molecule has 0 amide bonds. The van der Waals surface area contributed by atoms with Crippen molar-refractivity contribution in [1.29, 1.82) is 0 Å². The van der Waals surface area contributed by atoms with Crippen LogP contribution >= 0.6 is 0 Å². The van der Waals surface area contributed by atoms with Crippen LogP contribution in [0.1, 0.15) is 5.56 Å². The molecule has 3 nitrogen and oxygen atoms in total. The van der Waals surface area contributed by atoms with Crippen molar-refractivity contribution in [3.63, 3.8) is 0 Å². The second kappa shape index (κ2) is 6.85. The molecule has 1 saturated heterocycles. The van der Waals surface area contributed by atoms with Crippen LogP contribution in [0.4, 0.5) is 18.9 Å². The van der Waals surface area contributed by atoms with Crippen LogP contribution in [0.15, 0.2) is 54.6 Å². The third-order valence-electron chi connectivity index (χ3n) is 5.12. The Morgan fingerprint density at radius 3 is 2.26 bits per heavy atom. The summed E-state index contributed by atoms with van der Waals surface area (Å²) in [7, 11) is 2.06. The van der Waals surface area contributed by atoms with E-state index in [1.807, 2.05) is 36.4 Å². The van der Waals surface area contributed by atoms with Gasteiger partial charge in [-0.25, -0.2) is 4.98 Å². The van der Waals surface area contributed by atoms with Crippen LogP contribution in [-0.2, 0) is 6.18 Å². The average Bonchev–Trinajstić information content (AvgIpc) is 2.67. The van der Waals surface area contributed by atoms with Gasteiger partial charge in [-0.15, -0.1) is 0 Å². The number of likely N-dealkylation sites (N-methyl/N-ethyl adjacent to an activating group) is 1. The molecule has 0 radical (unpaired) electrons. The maximum Gasteiger partial charge on any atom is 0.422 e. The molecule has 0 unspecified atom stereocenters. The summed E-state index contributed by atoms with van der Waals surface area (Å²) in [5, 5.41) is 0.606. The molecule has 1 aliphatic heterocycles. The van der Waals surface area contributed by atoms with E-state index in [0.29, 0.717) is 11.1 Å². The van der Waals surface area contributed by atoms with Gasteiger partial charge in [0.2, 0.25) is 11.2 Å². The number of H-pyrrole nitrogens is 1. The maximum atomic E-state index is 13.6. The normalized spacial score (nSPS) is 16.1. The number of pyridine rings is 1. The zero-order valence-electron chi connectivity index (χ0n) is 15.1. The molecule has 2 heterocycles. The Bertz CT molecular complexity index is 946. The molecule has 140 valence electrons. The molecule has 0 spiro atoms. The number of halogens is 3. The highest BCUT2D eigenvalue weighted by Crippen LogP contribution is 2.37. The van der Waals surface area contributed by atoms with Gasteiger partial charge in [0.15, 0.2) is 0 Å². The molecule has 6 heteroatoms. The first-order chi connectivity index (χ1) is 12.9. The molecule has 1 aliphatic rings. The lowest BCUT2D eigenvalue weighted by molar-refractivity contribution is -0.333. The number of aromatic amines is 1. The number of piperazine rings is 1. The van der Waals surface area contributed by atoms with Gasteiger partial charge in [0.05, 0.1) is 11.1 Å². The molecule has 0 saturated carbocycles. The minimum Gasteiger partial charge on any atom is -0.368 e. The van der Waals surface area contributed by atoms with Gasteiger partial charge in [0.25, 0.3) is 0 Å². The highest BCUT2D eigenvalue weighted by Gasteiger charge is 2.36. The van der Waals surface area contributed by atoms with E-state index in [4.69, 9.17) is 0 Å². The number of rotatable bonds is 2. The zero-order chi connectivity index (χ0) is 19.0. The van der Waals surface area contributed by atoms with Crippen LogP contribution in [0.3, 0.4) is 0 Å². The van der Waals surface area contributed by atoms with E-state index in [1.165, 1.54) is 6.07 Å². The lowest BCUT2D eigenvalue weighted by atomic mass is 10.0. The summed E-state index contributed by atoms with van der Waals surface area (Å²) < 4.78 is 40.9. The molecular formula is C21H21F3N3+. The van der Waals surface area contributed by atoms with Crippen LogP contribution in [0, 0.1) is 0 Å². The minimum absolute atomic E-state index is 0.139. The maximum absolute atomic E-state index is 13.6. The predicted molar refractivity (Wildman–Crippen MR) is 101 cm³/mol. The lowest BCUT2D eigenvalue weighted by Gasteiger charge is -2.34. The molecule has 4 rings (SSSR count). The van der Waals surface area contributed by atoms with Gasteiger partial charge >= 0.3 is 6.18 Å². The summed E-state index contributed by atoms with van der Waals surface area (Å²) in [6.07, 6.45) is -4.41. The summed E-state index contributed by atoms with van der Waals surface area (Å²) >= 11 is 0. The van der Waals surface area contributed by atoms with Crippen molar-refractivity contribution in [1.82, 2.24) is 4.90 Å². The van der Waals surface area contributed by atoms with E-state index in [2.05, 4.69) is 21.8 Å². The number of fused-ring (bicyclic) bond motifs is 1. The Morgan fingerprint density at radius 2 is 1.59 bits per heavy atom. The Morgan fingerprint density at radius 1 is 0.889 bits per heavy atom. The molecule has 3 aromatic rings. The van der Waals surface area contributed by atoms with Crippen molar-refractivity contribution in [2.45, 2.75) is 6.18 Å². The van der Waals surface area contributed by atoms with E-state index in [1.54, 1.807) is 6.07 Å². The van der Waals surface area contributed by atoms with Crippen LogP contribution in [-0.4, -0.2) is 38.1 Å². The molecule has 1 fully saturated rings. The van der Waals surface area contributed by atoms with E-state index < -0.39 is 11.7 Å². The smallest absolute Gasteiger partial charge is 0.368 e. The van der Waals surface area contributed by atoms with Crippen molar-refractivity contribution in [3.05, 3.63) is 60.2 Å². The second-order valence-electron chi connectivity index (χ2n) is 6.95. The number of hydrogen-bond donors (Lipinski definition) is 0. The van der Waals surface area contributed by atoms with Crippen molar-refractivity contribution < 1.29 is 18.2 Å². The third-order valence-corrected chi connectivity index (χ3v) is 5.12. The number of hydrogen-bond acceptors (Lipinski definition) is 2. The summed E-state index contributed by atoms with van der Waals surface area (Å²) in [5.74, 6) is 0. The number of anilines is 1. The monoisotopic (exact) mass is 372 g/mol. The van der Waals surface area contributed by atoms with Gasteiger partial charge in [0.1, 0.15) is 5.56 Å². The van der Waals surface area contributed by atoms with E-state index in [0.717, 1.165) is 43.5 Å². The molecule has 1 aromatic heterocycles. The largest absolute Gasteiger partial charge is 0.422 e. The zero-order valence-corrected chi connectivity index (χ0v) is 15.1.